The van der Waals surface area contributed by atoms with Crippen molar-refractivity contribution in [3.05, 3.63) is 187 Å². The van der Waals surface area contributed by atoms with Crippen LogP contribution in [0.1, 0.15) is 52.7 Å². The summed E-state index contributed by atoms with van der Waals surface area (Å²) in [5.74, 6) is 0. The van der Waals surface area contributed by atoms with E-state index in [1.807, 2.05) is 0 Å². The molecule has 3 aromatic heterocycles. The summed E-state index contributed by atoms with van der Waals surface area (Å²) >= 11 is 0. The molecule has 3 heterocycles. The van der Waals surface area contributed by atoms with Gasteiger partial charge in [-0.15, -0.1) is 0 Å². The van der Waals surface area contributed by atoms with Gasteiger partial charge < -0.3 is 13.7 Å². The van der Waals surface area contributed by atoms with Crippen molar-refractivity contribution in [2.24, 2.45) is 0 Å². The molecule has 59 heavy (non-hydrogen) atoms. The molecule has 11 rings (SSSR count). The van der Waals surface area contributed by atoms with Crippen molar-refractivity contribution in [2.75, 3.05) is 0 Å². The first kappa shape index (κ1) is 35.3. The minimum atomic E-state index is 0.104. The number of nitrogens with zero attached hydrogens (tertiary/aromatic N) is 3. The lowest BCUT2D eigenvalue weighted by molar-refractivity contribution is 0.590. The third-order valence-electron chi connectivity index (χ3n) is 12.6. The zero-order valence-corrected chi connectivity index (χ0v) is 34.6. The highest BCUT2D eigenvalue weighted by Gasteiger charge is 2.20. The summed E-state index contributed by atoms with van der Waals surface area (Å²) in [5, 5.41) is 7.53. The molecule has 0 saturated carbocycles. The number of hydrogen-bond donors (Lipinski definition) is 0. The van der Waals surface area contributed by atoms with Gasteiger partial charge in [-0.1, -0.05) is 133 Å². The fourth-order valence-electron chi connectivity index (χ4n) is 9.46. The molecule has 0 aliphatic rings. The molecule has 0 amide bonds. The van der Waals surface area contributed by atoms with Gasteiger partial charge >= 0.3 is 0 Å². The molecule has 11 aromatic rings. The van der Waals surface area contributed by atoms with Gasteiger partial charge in [0.25, 0.3) is 0 Å². The van der Waals surface area contributed by atoms with Crippen LogP contribution in [0.3, 0.4) is 0 Å². The number of benzene rings is 8. The number of rotatable bonds is 4. The highest BCUT2D eigenvalue weighted by atomic mass is 15.0. The topological polar surface area (TPSA) is 14.8 Å². The molecule has 0 saturated heterocycles. The van der Waals surface area contributed by atoms with E-state index in [0.29, 0.717) is 0 Å². The largest absolute Gasteiger partial charge is 0.309 e. The maximum absolute atomic E-state index is 2.44. The van der Waals surface area contributed by atoms with Crippen LogP contribution in [-0.2, 0) is 10.8 Å². The Bertz CT molecular complexity index is 3430. The van der Waals surface area contributed by atoms with Gasteiger partial charge in [0.15, 0.2) is 0 Å². The number of fused-ring (bicyclic) bond motifs is 9. The number of hydrogen-bond acceptors (Lipinski definition) is 0. The zero-order valence-electron chi connectivity index (χ0n) is 34.6. The van der Waals surface area contributed by atoms with Gasteiger partial charge in [-0.05, 0) is 118 Å². The second-order valence-electron chi connectivity index (χ2n) is 18.3. The van der Waals surface area contributed by atoms with E-state index in [-0.39, 0.29) is 10.8 Å². The van der Waals surface area contributed by atoms with Crippen LogP contribution in [0.25, 0.3) is 93.6 Å². The molecule has 0 aliphatic heterocycles. The monoisotopic (exact) mass is 761 g/mol. The molecule has 3 nitrogen and oxygen atoms in total. The van der Waals surface area contributed by atoms with Crippen molar-refractivity contribution in [2.45, 2.75) is 52.4 Å². The van der Waals surface area contributed by atoms with Crippen LogP contribution in [-0.4, -0.2) is 13.7 Å². The minimum absolute atomic E-state index is 0.104. The fourth-order valence-corrected chi connectivity index (χ4v) is 9.46. The summed E-state index contributed by atoms with van der Waals surface area (Å²) in [6.07, 6.45) is 0. The molecule has 0 spiro atoms. The van der Waals surface area contributed by atoms with E-state index >= 15 is 0 Å². The zero-order chi connectivity index (χ0) is 40.2. The van der Waals surface area contributed by atoms with E-state index in [2.05, 4.69) is 231 Å². The summed E-state index contributed by atoms with van der Waals surface area (Å²) in [7, 11) is 0. The summed E-state index contributed by atoms with van der Waals surface area (Å²) in [5.41, 5.74) is 16.1. The number of aromatic nitrogens is 3. The summed E-state index contributed by atoms with van der Waals surface area (Å²) in [6, 6.07) is 65.6. The lowest BCUT2D eigenvalue weighted by Gasteiger charge is -2.19. The van der Waals surface area contributed by atoms with Crippen molar-refractivity contribution < 1.29 is 0 Å². The predicted octanol–water partition coefficient (Wildman–Crippen LogP) is 15.2. The van der Waals surface area contributed by atoms with Crippen LogP contribution in [0.4, 0.5) is 0 Å². The van der Waals surface area contributed by atoms with E-state index in [1.165, 1.54) is 99.0 Å². The van der Waals surface area contributed by atoms with Gasteiger partial charge in [-0.25, -0.2) is 0 Å². The van der Waals surface area contributed by atoms with Crippen LogP contribution in [0.15, 0.2) is 176 Å². The van der Waals surface area contributed by atoms with Gasteiger partial charge in [0.05, 0.1) is 33.1 Å². The average molecular weight is 762 g/mol. The lowest BCUT2D eigenvalue weighted by Crippen LogP contribution is -2.10. The van der Waals surface area contributed by atoms with Crippen molar-refractivity contribution in [1.29, 1.82) is 0 Å². The molecule has 286 valence electrons. The van der Waals surface area contributed by atoms with Crippen LogP contribution in [0, 0.1) is 0 Å². The van der Waals surface area contributed by atoms with Crippen molar-refractivity contribution in [3.63, 3.8) is 0 Å². The lowest BCUT2D eigenvalue weighted by atomic mass is 9.87. The van der Waals surface area contributed by atoms with Crippen LogP contribution >= 0.6 is 0 Å². The smallest absolute Gasteiger partial charge is 0.0542 e. The van der Waals surface area contributed by atoms with Crippen molar-refractivity contribution in [3.8, 4) is 28.2 Å². The van der Waals surface area contributed by atoms with Gasteiger partial charge in [0.1, 0.15) is 0 Å². The molecule has 3 heteroatoms. The molecular formula is C56H47N3. The van der Waals surface area contributed by atoms with Gasteiger partial charge in [-0.3, -0.25) is 0 Å². The van der Waals surface area contributed by atoms with Crippen LogP contribution < -0.4 is 0 Å². The third-order valence-corrected chi connectivity index (χ3v) is 12.6. The normalized spacial score (nSPS) is 12.6. The van der Waals surface area contributed by atoms with Gasteiger partial charge in [-0.2, -0.15) is 0 Å². The quantitative estimate of drug-likeness (QED) is 0.170. The molecule has 8 aromatic carbocycles. The Morgan fingerprint density at radius 1 is 0.271 bits per heavy atom. The van der Waals surface area contributed by atoms with E-state index in [9.17, 15) is 0 Å². The van der Waals surface area contributed by atoms with E-state index < -0.39 is 0 Å². The average Bonchev–Trinajstić information content (AvgIpc) is 3.88. The van der Waals surface area contributed by atoms with E-state index in [4.69, 9.17) is 0 Å². The first-order valence-corrected chi connectivity index (χ1v) is 20.9. The molecule has 0 radical (unpaired) electrons. The second kappa shape index (κ2) is 12.8. The van der Waals surface area contributed by atoms with Gasteiger partial charge in [0, 0.05) is 49.4 Å². The fraction of sp³-hybridized carbons (Fsp3) is 0.143. The molecule has 0 aliphatic carbocycles. The molecule has 0 bridgehead atoms. The first-order valence-electron chi connectivity index (χ1n) is 20.9. The highest BCUT2D eigenvalue weighted by Crippen LogP contribution is 2.40. The highest BCUT2D eigenvalue weighted by molar-refractivity contribution is 6.14. The molecule has 0 atom stereocenters. The molecule has 0 unspecified atom stereocenters. The summed E-state index contributed by atoms with van der Waals surface area (Å²) < 4.78 is 7.27. The Hall–Kier alpha value is -6.84. The predicted molar refractivity (Wildman–Crippen MR) is 252 cm³/mol. The van der Waals surface area contributed by atoms with Crippen LogP contribution in [0.5, 0.6) is 0 Å². The maximum Gasteiger partial charge on any atom is 0.0542 e. The molecule has 0 fully saturated rings. The first-order chi connectivity index (χ1) is 28.5. The van der Waals surface area contributed by atoms with Crippen molar-refractivity contribution >= 4 is 65.4 Å². The maximum atomic E-state index is 2.44. The van der Waals surface area contributed by atoms with Crippen LogP contribution in [0.2, 0.25) is 0 Å². The molecule has 0 N–H and O–H groups in total. The standard InChI is InChI=1S/C56H47N3/c1-55(2,3)38-21-25-40(26-22-38)57-49-16-10-7-13-43(49)46-33-36(19-30-52(46)57)37-20-31-53-47(34-37)44-14-8-12-18-51(44)59(53)42-29-32-54-48(35-42)45-15-9-11-17-50(45)58(54)41-27-23-39(24-28-41)56(4,5)6/h7-35H,1-6H3. The SMILES string of the molecule is CC(C)(C)c1ccc(-n2c3ccccc3c3cc(-c4ccc5c(c4)c4ccccc4n5-c4ccc5c(c4)c4ccccc4n5-c4ccc(C(C)(C)C)cc4)ccc32)cc1. The summed E-state index contributed by atoms with van der Waals surface area (Å²) in [4.78, 5) is 0. The minimum Gasteiger partial charge on any atom is -0.309 e. The van der Waals surface area contributed by atoms with E-state index in [0.717, 1.165) is 5.69 Å². The van der Waals surface area contributed by atoms with E-state index in [1.54, 1.807) is 0 Å². The summed E-state index contributed by atoms with van der Waals surface area (Å²) in [6.45, 7) is 13.6. The Labute approximate surface area is 345 Å². The van der Waals surface area contributed by atoms with Crippen molar-refractivity contribution in [1.82, 2.24) is 13.7 Å². The third kappa shape index (κ3) is 5.56. The second-order valence-corrected chi connectivity index (χ2v) is 18.3. The van der Waals surface area contributed by atoms with Gasteiger partial charge in [0.2, 0.25) is 0 Å². The Kier molecular flexibility index (Phi) is 7.68. The number of para-hydroxylation sites is 3. The Morgan fingerprint density at radius 3 is 0.966 bits per heavy atom. The molecular weight excluding hydrogens is 715 g/mol. The Balaban J connectivity index is 1.04. The Morgan fingerprint density at radius 2 is 0.576 bits per heavy atom.